The Hall–Kier alpha value is -2.63. The first-order valence-corrected chi connectivity index (χ1v) is 6.79. The molecule has 0 unspecified atom stereocenters. The lowest BCUT2D eigenvalue weighted by molar-refractivity contribution is 0.414. The minimum Gasteiger partial charge on any atom is -0.494 e. The van der Waals surface area contributed by atoms with Crippen LogP contribution in [0, 0.1) is 6.92 Å². The zero-order valence-corrected chi connectivity index (χ0v) is 12.3. The van der Waals surface area contributed by atoms with Gasteiger partial charge in [0.2, 0.25) is 0 Å². The molecule has 0 atom stereocenters. The highest BCUT2D eigenvalue weighted by Crippen LogP contribution is 2.35. The molecule has 21 heavy (non-hydrogen) atoms. The van der Waals surface area contributed by atoms with E-state index in [-0.39, 0.29) is 0 Å². The number of nitrogens with one attached hydrogen (secondary N) is 1. The SMILES string of the molecule is CCc1c(-c2ncccc2OC)[nH]c2nc(C)nc(N)c12. The van der Waals surface area contributed by atoms with Crippen molar-refractivity contribution in [1.82, 2.24) is 19.9 Å². The molecule has 0 fully saturated rings. The van der Waals surface area contributed by atoms with Crippen LogP contribution in [0.25, 0.3) is 22.4 Å². The van der Waals surface area contributed by atoms with E-state index < -0.39 is 0 Å². The number of aromatic amines is 1. The van der Waals surface area contributed by atoms with Crippen molar-refractivity contribution in [3.63, 3.8) is 0 Å². The van der Waals surface area contributed by atoms with Gasteiger partial charge in [0.25, 0.3) is 0 Å². The van der Waals surface area contributed by atoms with Crippen molar-refractivity contribution in [2.75, 3.05) is 12.8 Å². The third kappa shape index (κ3) is 2.08. The minimum absolute atomic E-state index is 0.492. The average Bonchev–Trinajstić information content (AvgIpc) is 2.85. The summed E-state index contributed by atoms with van der Waals surface area (Å²) in [6.45, 7) is 3.89. The van der Waals surface area contributed by atoms with Crippen LogP contribution < -0.4 is 10.5 Å². The van der Waals surface area contributed by atoms with Crippen LogP contribution in [0.5, 0.6) is 5.75 Å². The molecule has 6 nitrogen and oxygen atoms in total. The predicted octanol–water partition coefficient (Wildman–Crippen LogP) is 2.48. The Morgan fingerprint density at radius 1 is 1.33 bits per heavy atom. The summed E-state index contributed by atoms with van der Waals surface area (Å²) in [7, 11) is 1.63. The number of rotatable bonds is 3. The molecule has 0 spiro atoms. The number of nitrogens with zero attached hydrogens (tertiary/aromatic N) is 3. The van der Waals surface area contributed by atoms with Gasteiger partial charge in [-0.1, -0.05) is 6.92 Å². The Morgan fingerprint density at radius 3 is 2.86 bits per heavy atom. The molecule has 0 aromatic carbocycles. The van der Waals surface area contributed by atoms with E-state index in [4.69, 9.17) is 10.5 Å². The van der Waals surface area contributed by atoms with Gasteiger partial charge in [-0.3, -0.25) is 4.98 Å². The molecular weight excluding hydrogens is 266 g/mol. The van der Waals surface area contributed by atoms with Gasteiger partial charge in [-0.2, -0.15) is 0 Å². The van der Waals surface area contributed by atoms with E-state index in [2.05, 4.69) is 26.9 Å². The van der Waals surface area contributed by atoms with Crippen molar-refractivity contribution in [1.29, 1.82) is 0 Å². The summed E-state index contributed by atoms with van der Waals surface area (Å²) in [5.74, 6) is 1.84. The number of fused-ring (bicyclic) bond motifs is 1. The van der Waals surface area contributed by atoms with Crippen molar-refractivity contribution in [3.05, 3.63) is 29.7 Å². The van der Waals surface area contributed by atoms with E-state index in [1.807, 2.05) is 19.1 Å². The van der Waals surface area contributed by atoms with Gasteiger partial charge in [-0.05, 0) is 31.0 Å². The van der Waals surface area contributed by atoms with Crippen molar-refractivity contribution in [3.8, 4) is 17.1 Å². The first kappa shape index (κ1) is 13.4. The number of methoxy groups -OCH3 is 1. The number of aryl methyl sites for hydroxylation is 2. The first-order chi connectivity index (χ1) is 10.2. The fourth-order valence-corrected chi connectivity index (χ4v) is 2.60. The Labute approximate surface area is 122 Å². The lowest BCUT2D eigenvalue weighted by atomic mass is 10.1. The standard InChI is InChI=1S/C15H17N5O/c1-4-9-11-14(16)18-8(2)19-15(11)20-12(9)13-10(21-3)6-5-7-17-13/h5-7H,4H2,1-3H3,(H3,16,18,19,20). The molecule has 3 aromatic heterocycles. The molecule has 0 saturated heterocycles. The first-order valence-electron chi connectivity index (χ1n) is 6.79. The number of hydrogen-bond acceptors (Lipinski definition) is 5. The van der Waals surface area contributed by atoms with Crippen LogP contribution in [0.15, 0.2) is 18.3 Å². The zero-order valence-electron chi connectivity index (χ0n) is 12.3. The number of nitrogen functional groups attached to an aromatic ring is 1. The molecule has 3 aromatic rings. The summed E-state index contributed by atoms with van der Waals surface area (Å²) < 4.78 is 5.40. The van der Waals surface area contributed by atoms with Crippen LogP contribution in [0.4, 0.5) is 5.82 Å². The topological polar surface area (TPSA) is 89.7 Å². The van der Waals surface area contributed by atoms with Crippen molar-refractivity contribution < 1.29 is 4.74 Å². The van der Waals surface area contributed by atoms with Gasteiger partial charge in [0.15, 0.2) is 0 Å². The third-order valence-corrected chi connectivity index (χ3v) is 3.48. The number of nitrogens with two attached hydrogens (primary N) is 1. The monoisotopic (exact) mass is 283 g/mol. The number of hydrogen-bond donors (Lipinski definition) is 2. The van der Waals surface area contributed by atoms with Crippen LogP contribution in [0.3, 0.4) is 0 Å². The zero-order chi connectivity index (χ0) is 15.0. The predicted molar refractivity (Wildman–Crippen MR) is 82.2 cm³/mol. The van der Waals surface area contributed by atoms with Gasteiger partial charge in [0.05, 0.1) is 18.2 Å². The average molecular weight is 283 g/mol. The molecule has 0 aliphatic heterocycles. The van der Waals surface area contributed by atoms with Crippen molar-refractivity contribution in [2.24, 2.45) is 0 Å². The molecule has 3 heterocycles. The molecule has 0 radical (unpaired) electrons. The fourth-order valence-electron chi connectivity index (χ4n) is 2.60. The van der Waals surface area contributed by atoms with E-state index in [0.717, 1.165) is 34.4 Å². The summed E-state index contributed by atoms with van der Waals surface area (Å²) in [5.41, 5.74) is 9.51. The van der Waals surface area contributed by atoms with Gasteiger partial charge in [0, 0.05) is 6.20 Å². The highest BCUT2D eigenvalue weighted by Gasteiger charge is 2.19. The fraction of sp³-hybridized carbons (Fsp3) is 0.267. The second-order valence-corrected chi connectivity index (χ2v) is 4.77. The maximum atomic E-state index is 6.07. The number of H-pyrrole nitrogens is 1. The van der Waals surface area contributed by atoms with E-state index in [1.165, 1.54) is 0 Å². The van der Waals surface area contributed by atoms with Gasteiger partial charge in [-0.25, -0.2) is 9.97 Å². The molecule has 0 amide bonds. The maximum absolute atomic E-state index is 6.07. The number of ether oxygens (including phenoxy) is 1. The third-order valence-electron chi connectivity index (χ3n) is 3.48. The number of aromatic nitrogens is 4. The summed E-state index contributed by atoms with van der Waals surface area (Å²) in [4.78, 5) is 16.4. The molecule has 3 N–H and O–H groups in total. The van der Waals surface area contributed by atoms with Crippen molar-refractivity contribution >= 4 is 16.9 Å². The molecule has 0 aliphatic rings. The van der Waals surface area contributed by atoms with Crippen LogP contribution in [0.1, 0.15) is 18.3 Å². The molecule has 0 saturated carbocycles. The van der Waals surface area contributed by atoms with Crippen LogP contribution >= 0.6 is 0 Å². The van der Waals surface area contributed by atoms with E-state index in [0.29, 0.717) is 17.4 Å². The van der Waals surface area contributed by atoms with Crippen molar-refractivity contribution in [2.45, 2.75) is 20.3 Å². The van der Waals surface area contributed by atoms with Crippen LogP contribution in [-0.2, 0) is 6.42 Å². The summed E-state index contributed by atoms with van der Waals surface area (Å²) >= 11 is 0. The van der Waals surface area contributed by atoms with Gasteiger partial charge in [-0.15, -0.1) is 0 Å². The largest absolute Gasteiger partial charge is 0.494 e. The highest BCUT2D eigenvalue weighted by molar-refractivity contribution is 5.95. The minimum atomic E-state index is 0.492. The molecule has 6 heteroatoms. The smallest absolute Gasteiger partial charge is 0.146 e. The normalized spacial score (nSPS) is 11.0. The second kappa shape index (κ2) is 5.05. The molecule has 108 valence electrons. The van der Waals surface area contributed by atoms with Gasteiger partial charge >= 0.3 is 0 Å². The maximum Gasteiger partial charge on any atom is 0.146 e. The quantitative estimate of drug-likeness (QED) is 0.770. The van der Waals surface area contributed by atoms with Crippen LogP contribution in [-0.4, -0.2) is 27.0 Å². The highest BCUT2D eigenvalue weighted by atomic mass is 16.5. The number of pyridine rings is 1. The lowest BCUT2D eigenvalue weighted by Gasteiger charge is -2.07. The summed E-state index contributed by atoms with van der Waals surface area (Å²) in [6, 6.07) is 3.72. The number of anilines is 1. The lowest BCUT2D eigenvalue weighted by Crippen LogP contribution is -1.97. The van der Waals surface area contributed by atoms with Gasteiger partial charge < -0.3 is 15.5 Å². The Balaban J connectivity index is 2.35. The van der Waals surface area contributed by atoms with E-state index >= 15 is 0 Å². The van der Waals surface area contributed by atoms with E-state index in [1.54, 1.807) is 13.3 Å². The Morgan fingerprint density at radius 2 is 2.14 bits per heavy atom. The molecule has 0 aliphatic carbocycles. The molecule has 0 bridgehead atoms. The van der Waals surface area contributed by atoms with E-state index in [9.17, 15) is 0 Å². The summed E-state index contributed by atoms with van der Waals surface area (Å²) in [6.07, 6.45) is 2.54. The second-order valence-electron chi connectivity index (χ2n) is 4.77. The Bertz CT molecular complexity index is 809. The van der Waals surface area contributed by atoms with Crippen LogP contribution in [0.2, 0.25) is 0 Å². The summed E-state index contributed by atoms with van der Waals surface area (Å²) in [5, 5.41) is 0.866. The van der Waals surface area contributed by atoms with Gasteiger partial charge in [0.1, 0.15) is 28.7 Å². The Kier molecular flexibility index (Phi) is 3.21. The molecule has 3 rings (SSSR count). The molecular formula is C15H17N5O.